The van der Waals surface area contributed by atoms with Crippen molar-refractivity contribution in [3.8, 4) is 0 Å². The molecule has 1 aliphatic rings. The van der Waals surface area contributed by atoms with Crippen LogP contribution in [0, 0.1) is 0 Å². The van der Waals surface area contributed by atoms with Crippen molar-refractivity contribution in [2.45, 2.75) is 21.8 Å². The molecular formula is C11H16N2O3S3. The van der Waals surface area contributed by atoms with Gasteiger partial charge in [-0.1, -0.05) is 0 Å². The van der Waals surface area contributed by atoms with Crippen LogP contribution in [0.15, 0.2) is 20.7 Å². The minimum atomic E-state index is -3.61. The minimum Gasteiger partial charge on any atom is -0.382 e. The Morgan fingerprint density at radius 2 is 2.26 bits per heavy atom. The first-order valence-electron chi connectivity index (χ1n) is 5.88. The van der Waals surface area contributed by atoms with Gasteiger partial charge in [-0.05, 0) is 37.4 Å². The summed E-state index contributed by atoms with van der Waals surface area (Å²) in [6.07, 6.45) is 4.81. The van der Waals surface area contributed by atoms with E-state index in [0.29, 0.717) is 0 Å². The molecule has 8 heteroatoms. The molecule has 0 aliphatic carbocycles. The molecule has 0 fully saturated rings. The van der Waals surface area contributed by atoms with Crippen molar-refractivity contribution < 1.29 is 13.2 Å². The fourth-order valence-corrected chi connectivity index (χ4v) is 4.85. The third kappa shape index (κ3) is 3.96. The van der Waals surface area contributed by atoms with Gasteiger partial charge in [0.25, 0.3) is 0 Å². The van der Waals surface area contributed by atoms with Gasteiger partial charge in [-0.3, -0.25) is 0 Å². The van der Waals surface area contributed by atoms with Crippen LogP contribution < -0.4 is 5.14 Å². The van der Waals surface area contributed by atoms with E-state index in [9.17, 15) is 8.42 Å². The molecule has 2 rings (SSSR count). The highest BCUT2D eigenvalue weighted by molar-refractivity contribution is 7.99. The lowest BCUT2D eigenvalue weighted by molar-refractivity contribution is 0.143. The number of ether oxygens (including phenoxy) is 1. The lowest BCUT2D eigenvalue weighted by Gasteiger charge is -2.21. The Bertz CT molecular complexity index is 566. The van der Waals surface area contributed by atoms with Crippen LogP contribution in [0.4, 0.5) is 0 Å². The van der Waals surface area contributed by atoms with E-state index >= 15 is 0 Å². The fourth-order valence-electron chi connectivity index (χ4n) is 1.58. The summed E-state index contributed by atoms with van der Waals surface area (Å²) >= 11 is 2.76. The maximum absolute atomic E-state index is 11.3. The topological polar surface area (TPSA) is 72.6 Å². The molecule has 1 aliphatic heterocycles. The van der Waals surface area contributed by atoms with Gasteiger partial charge in [-0.25, -0.2) is 13.6 Å². The Morgan fingerprint density at radius 1 is 1.47 bits per heavy atom. The highest BCUT2D eigenvalue weighted by atomic mass is 32.3. The number of hydrogen-bond donors (Lipinski definition) is 1. The Hall–Kier alpha value is -0.540. The molecular weight excluding hydrogens is 304 g/mol. The predicted octanol–water partition coefficient (Wildman–Crippen LogP) is 2.12. The molecule has 106 valence electrons. The second-order valence-electron chi connectivity index (χ2n) is 3.95. The van der Waals surface area contributed by atoms with E-state index < -0.39 is 10.0 Å². The van der Waals surface area contributed by atoms with Gasteiger partial charge in [-0.15, -0.1) is 11.3 Å². The summed E-state index contributed by atoms with van der Waals surface area (Å²) in [5.41, 5.74) is 0.917. The molecule has 0 radical (unpaired) electrons. The third-order valence-corrected chi connectivity index (χ3v) is 6.25. The molecule has 1 aromatic rings. The zero-order chi connectivity index (χ0) is 13.9. The molecule has 0 bridgehead atoms. The van der Waals surface area contributed by atoms with Crippen LogP contribution in [0.1, 0.15) is 18.9 Å². The van der Waals surface area contributed by atoms with Crippen molar-refractivity contribution in [3.05, 3.63) is 17.8 Å². The summed E-state index contributed by atoms with van der Waals surface area (Å²) in [6.45, 7) is 4.31. The van der Waals surface area contributed by atoms with Gasteiger partial charge in [0.1, 0.15) is 4.21 Å². The first kappa shape index (κ1) is 14.9. The molecule has 0 amide bonds. The zero-order valence-electron chi connectivity index (χ0n) is 10.5. The largest absolute Gasteiger partial charge is 0.382 e. The zero-order valence-corrected chi connectivity index (χ0v) is 13.0. The van der Waals surface area contributed by atoms with Gasteiger partial charge in [-0.2, -0.15) is 0 Å². The van der Waals surface area contributed by atoms with E-state index in [4.69, 9.17) is 9.88 Å². The molecule has 0 saturated heterocycles. The standard InChI is InChI=1S/C11H16N2O3S3/c1-2-16-7-3-5-13-6-4-9-8-10(19(12,14)15)17-11(9)18-13/h4,6,8H,2-3,5,7H2,1H3,(H2,12,14,15). The van der Waals surface area contributed by atoms with Crippen molar-refractivity contribution >= 4 is 39.4 Å². The SMILES string of the molecule is CCOCCCN1C=Cc2cc(S(N)(=O)=O)sc2S1. The summed E-state index contributed by atoms with van der Waals surface area (Å²) in [4.78, 5) is 0. The van der Waals surface area contributed by atoms with E-state index in [2.05, 4.69) is 4.31 Å². The minimum absolute atomic E-state index is 0.214. The average molecular weight is 320 g/mol. The number of rotatable bonds is 6. The number of sulfonamides is 1. The van der Waals surface area contributed by atoms with Crippen LogP contribution in [0.2, 0.25) is 0 Å². The summed E-state index contributed by atoms with van der Waals surface area (Å²) in [6, 6.07) is 1.62. The predicted molar refractivity (Wildman–Crippen MR) is 78.4 cm³/mol. The van der Waals surface area contributed by atoms with Crippen LogP contribution in [-0.4, -0.2) is 32.5 Å². The van der Waals surface area contributed by atoms with Crippen LogP contribution in [0.5, 0.6) is 0 Å². The molecule has 1 aromatic heterocycles. The maximum Gasteiger partial charge on any atom is 0.247 e. The van der Waals surface area contributed by atoms with Gasteiger partial charge >= 0.3 is 0 Å². The van der Waals surface area contributed by atoms with Crippen LogP contribution in [0.3, 0.4) is 0 Å². The van der Waals surface area contributed by atoms with Gasteiger partial charge in [0.05, 0.1) is 4.21 Å². The van der Waals surface area contributed by atoms with Crippen LogP contribution in [-0.2, 0) is 14.8 Å². The van der Waals surface area contributed by atoms with Crippen LogP contribution in [0.25, 0.3) is 6.08 Å². The molecule has 2 N–H and O–H groups in total. The van der Waals surface area contributed by atoms with Gasteiger partial charge < -0.3 is 9.04 Å². The van der Waals surface area contributed by atoms with Crippen molar-refractivity contribution in [2.75, 3.05) is 19.8 Å². The smallest absolute Gasteiger partial charge is 0.247 e. The Morgan fingerprint density at radius 3 is 2.95 bits per heavy atom. The Labute approximate surface area is 121 Å². The van der Waals surface area contributed by atoms with E-state index in [0.717, 1.165) is 36.0 Å². The van der Waals surface area contributed by atoms with Gasteiger partial charge in [0, 0.05) is 31.5 Å². The normalized spacial score (nSPS) is 14.7. The summed E-state index contributed by atoms with van der Waals surface area (Å²) < 4.78 is 31.1. The van der Waals surface area contributed by atoms with Crippen molar-refractivity contribution in [1.82, 2.24) is 4.31 Å². The van der Waals surface area contributed by atoms with Crippen molar-refractivity contribution in [2.24, 2.45) is 5.14 Å². The number of nitrogens with zero attached hydrogens (tertiary/aromatic N) is 1. The lowest BCUT2D eigenvalue weighted by atomic mass is 10.3. The Balaban J connectivity index is 1.98. The molecule has 0 aromatic carbocycles. The van der Waals surface area contributed by atoms with E-state index in [1.165, 1.54) is 11.3 Å². The van der Waals surface area contributed by atoms with Crippen molar-refractivity contribution in [3.63, 3.8) is 0 Å². The molecule has 0 unspecified atom stereocenters. The second-order valence-corrected chi connectivity index (χ2v) is 8.11. The third-order valence-electron chi connectivity index (χ3n) is 2.47. The monoisotopic (exact) mass is 320 g/mol. The summed E-state index contributed by atoms with van der Waals surface area (Å²) in [7, 11) is -3.61. The molecule has 0 spiro atoms. The number of nitrogens with two attached hydrogens (primary N) is 1. The lowest BCUT2D eigenvalue weighted by Crippen LogP contribution is -2.13. The summed E-state index contributed by atoms with van der Waals surface area (Å²) in [5.74, 6) is 0. The number of primary sulfonamides is 1. The molecule has 19 heavy (non-hydrogen) atoms. The van der Waals surface area contributed by atoms with E-state index in [1.807, 2.05) is 19.2 Å². The maximum atomic E-state index is 11.3. The van der Waals surface area contributed by atoms with E-state index in [-0.39, 0.29) is 4.21 Å². The fraction of sp³-hybridized carbons (Fsp3) is 0.455. The quantitative estimate of drug-likeness (QED) is 0.642. The average Bonchev–Trinajstić information content (AvgIpc) is 2.77. The second kappa shape index (κ2) is 6.27. The highest BCUT2D eigenvalue weighted by Gasteiger charge is 2.19. The van der Waals surface area contributed by atoms with Crippen LogP contribution >= 0.6 is 23.3 Å². The molecule has 0 saturated carbocycles. The first-order valence-corrected chi connectivity index (χ1v) is 9.01. The molecule has 5 nitrogen and oxygen atoms in total. The number of thiophene rings is 1. The molecule has 2 heterocycles. The Kier molecular flexibility index (Phi) is 4.91. The van der Waals surface area contributed by atoms with Gasteiger partial charge in [0.15, 0.2) is 0 Å². The highest BCUT2D eigenvalue weighted by Crippen LogP contribution is 2.39. The number of hydrogen-bond acceptors (Lipinski definition) is 6. The van der Waals surface area contributed by atoms with E-state index in [1.54, 1.807) is 18.0 Å². The molecule has 0 atom stereocenters. The summed E-state index contributed by atoms with van der Waals surface area (Å²) in [5, 5.41) is 5.14. The van der Waals surface area contributed by atoms with Gasteiger partial charge in [0.2, 0.25) is 10.0 Å². The first-order chi connectivity index (χ1) is 9.00. The number of fused-ring (bicyclic) bond motifs is 1. The van der Waals surface area contributed by atoms with Crippen molar-refractivity contribution in [1.29, 1.82) is 0 Å².